The highest BCUT2D eigenvalue weighted by atomic mass is 16.6. The molecule has 2 aliphatic rings. The van der Waals surface area contributed by atoms with E-state index in [1.807, 2.05) is 18.2 Å². The molecule has 0 bridgehead atoms. The van der Waals surface area contributed by atoms with E-state index in [4.69, 9.17) is 4.74 Å². The molecule has 0 aromatic heterocycles. The molecule has 74 valence electrons. The minimum absolute atomic E-state index is 0.154. The second-order valence-corrected chi connectivity index (χ2v) is 4.83. The summed E-state index contributed by atoms with van der Waals surface area (Å²) in [5.41, 5.74) is 2.06. The molecule has 0 radical (unpaired) electrons. The number of hydrogen-bond acceptors (Lipinski definition) is 2. The Kier molecular flexibility index (Phi) is 1.44. The van der Waals surface area contributed by atoms with Crippen molar-refractivity contribution < 1.29 is 9.84 Å². The van der Waals surface area contributed by atoms with Crippen LogP contribution < -0.4 is 0 Å². The molecular formula is C12H14O2. The first-order chi connectivity index (χ1) is 6.62. The van der Waals surface area contributed by atoms with Gasteiger partial charge in [0.15, 0.2) is 0 Å². The molecule has 1 aliphatic carbocycles. The molecule has 3 atom stereocenters. The van der Waals surface area contributed by atoms with Gasteiger partial charge in [-0.05, 0) is 11.1 Å². The van der Waals surface area contributed by atoms with E-state index in [1.165, 1.54) is 5.56 Å². The van der Waals surface area contributed by atoms with E-state index in [9.17, 15) is 5.11 Å². The van der Waals surface area contributed by atoms with Crippen LogP contribution >= 0.6 is 0 Å². The standard InChI is InChI=1S/C12H14O2/c1-12(2)10(13)8-6-4-3-5-7(8)9-11(12)14-9/h3-6,9-11,13H,1-2H3. The summed E-state index contributed by atoms with van der Waals surface area (Å²) in [6, 6.07) is 8.03. The van der Waals surface area contributed by atoms with Crippen LogP contribution in [0.3, 0.4) is 0 Å². The van der Waals surface area contributed by atoms with Crippen molar-refractivity contribution in [3.63, 3.8) is 0 Å². The maximum absolute atomic E-state index is 10.2. The van der Waals surface area contributed by atoms with E-state index in [0.29, 0.717) is 0 Å². The van der Waals surface area contributed by atoms with E-state index in [2.05, 4.69) is 19.9 Å². The highest BCUT2D eigenvalue weighted by molar-refractivity contribution is 5.39. The number of epoxide rings is 1. The third-order valence-electron chi connectivity index (χ3n) is 3.53. The maximum Gasteiger partial charge on any atom is 0.110 e. The van der Waals surface area contributed by atoms with Crippen molar-refractivity contribution in [1.29, 1.82) is 0 Å². The van der Waals surface area contributed by atoms with E-state index >= 15 is 0 Å². The van der Waals surface area contributed by atoms with Gasteiger partial charge in [0, 0.05) is 5.41 Å². The molecule has 3 unspecified atom stereocenters. The predicted molar refractivity (Wildman–Crippen MR) is 52.8 cm³/mol. The van der Waals surface area contributed by atoms with Crippen molar-refractivity contribution in [1.82, 2.24) is 0 Å². The number of ether oxygens (including phenoxy) is 1. The van der Waals surface area contributed by atoms with Crippen LogP contribution in [0.1, 0.15) is 37.2 Å². The molecule has 1 N–H and O–H groups in total. The number of fused-ring (bicyclic) bond motifs is 3. The Labute approximate surface area is 83.5 Å². The van der Waals surface area contributed by atoms with Gasteiger partial charge < -0.3 is 9.84 Å². The van der Waals surface area contributed by atoms with Crippen molar-refractivity contribution in [2.24, 2.45) is 5.41 Å². The Balaban J connectivity index is 2.17. The van der Waals surface area contributed by atoms with Gasteiger partial charge in [-0.2, -0.15) is 0 Å². The number of rotatable bonds is 0. The number of aliphatic hydroxyl groups is 1. The monoisotopic (exact) mass is 190 g/mol. The van der Waals surface area contributed by atoms with Gasteiger partial charge in [-0.25, -0.2) is 0 Å². The van der Waals surface area contributed by atoms with Crippen LogP contribution in [-0.4, -0.2) is 11.2 Å². The van der Waals surface area contributed by atoms with Crippen LogP contribution in [-0.2, 0) is 4.74 Å². The summed E-state index contributed by atoms with van der Waals surface area (Å²) >= 11 is 0. The average molecular weight is 190 g/mol. The Morgan fingerprint density at radius 3 is 2.57 bits per heavy atom. The van der Waals surface area contributed by atoms with Crippen molar-refractivity contribution in [2.75, 3.05) is 0 Å². The summed E-state index contributed by atoms with van der Waals surface area (Å²) < 4.78 is 5.63. The lowest BCUT2D eigenvalue weighted by Gasteiger charge is -2.33. The Bertz CT molecular complexity index is 384. The molecule has 0 spiro atoms. The van der Waals surface area contributed by atoms with Gasteiger partial charge >= 0.3 is 0 Å². The van der Waals surface area contributed by atoms with Crippen LogP contribution in [0.5, 0.6) is 0 Å². The molecule has 0 saturated carbocycles. The maximum atomic E-state index is 10.2. The highest BCUT2D eigenvalue weighted by Crippen LogP contribution is 2.59. The Morgan fingerprint density at radius 2 is 1.86 bits per heavy atom. The zero-order valence-electron chi connectivity index (χ0n) is 8.40. The SMILES string of the molecule is CC1(C)C(O)c2ccccc2C2OC21. The summed E-state index contributed by atoms with van der Waals surface area (Å²) in [4.78, 5) is 0. The number of benzene rings is 1. The minimum atomic E-state index is -0.401. The molecule has 1 saturated heterocycles. The fraction of sp³-hybridized carbons (Fsp3) is 0.500. The van der Waals surface area contributed by atoms with Crippen LogP contribution in [0, 0.1) is 5.41 Å². The quantitative estimate of drug-likeness (QED) is 0.636. The van der Waals surface area contributed by atoms with Gasteiger partial charge in [0.1, 0.15) is 6.10 Å². The lowest BCUT2D eigenvalue weighted by Crippen LogP contribution is -2.32. The topological polar surface area (TPSA) is 32.8 Å². The molecule has 3 rings (SSSR count). The summed E-state index contributed by atoms with van der Waals surface area (Å²) in [6.45, 7) is 4.14. The van der Waals surface area contributed by atoms with Crippen LogP contribution in [0.2, 0.25) is 0 Å². The third kappa shape index (κ3) is 0.877. The average Bonchev–Trinajstić information content (AvgIpc) is 2.95. The second-order valence-electron chi connectivity index (χ2n) is 4.83. The summed E-state index contributed by atoms with van der Waals surface area (Å²) in [6.07, 6.45) is 0.0273. The Morgan fingerprint density at radius 1 is 1.21 bits per heavy atom. The van der Waals surface area contributed by atoms with Gasteiger partial charge in [-0.15, -0.1) is 0 Å². The molecule has 1 aromatic carbocycles. The molecule has 1 fully saturated rings. The lowest BCUT2D eigenvalue weighted by atomic mass is 9.72. The normalized spacial score (nSPS) is 37.2. The lowest BCUT2D eigenvalue weighted by molar-refractivity contribution is 0.0262. The molecule has 2 nitrogen and oxygen atoms in total. The van der Waals surface area contributed by atoms with E-state index in [0.717, 1.165) is 5.56 Å². The van der Waals surface area contributed by atoms with Crippen LogP contribution in [0.15, 0.2) is 24.3 Å². The largest absolute Gasteiger partial charge is 0.388 e. The van der Waals surface area contributed by atoms with Gasteiger partial charge in [-0.1, -0.05) is 38.1 Å². The van der Waals surface area contributed by atoms with E-state index in [1.54, 1.807) is 0 Å². The van der Waals surface area contributed by atoms with Crippen LogP contribution in [0.25, 0.3) is 0 Å². The first-order valence-corrected chi connectivity index (χ1v) is 5.04. The van der Waals surface area contributed by atoms with Gasteiger partial charge in [-0.3, -0.25) is 0 Å². The molecule has 0 amide bonds. The number of aliphatic hydroxyl groups excluding tert-OH is 1. The summed E-state index contributed by atoms with van der Waals surface area (Å²) in [5.74, 6) is 0. The molecule has 2 heteroatoms. The van der Waals surface area contributed by atoms with E-state index in [-0.39, 0.29) is 17.6 Å². The first-order valence-electron chi connectivity index (χ1n) is 5.04. The zero-order chi connectivity index (χ0) is 9.92. The highest BCUT2D eigenvalue weighted by Gasteiger charge is 2.58. The van der Waals surface area contributed by atoms with Crippen LogP contribution in [0.4, 0.5) is 0 Å². The van der Waals surface area contributed by atoms with Gasteiger partial charge in [0.05, 0.1) is 12.2 Å². The second kappa shape index (κ2) is 2.38. The van der Waals surface area contributed by atoms with E-state index < -0.39 is 6.10 Å². The Hall–Kier alpha value is -0.860. The fourth-order valence-corrected chi connectivity index (χ4v) is 2.49. The molecule has 1 heterocycles. The first kappa shape index (κ1) is 8.45. The van der Waals surface area contributed by atoms with Gasteiger partial charge in [0.25, 0.3) is 0 Å². The van der Waals surface area contributed by atoms with Gasteiger partial charge in [0.2, 0.25) is 0 Å². The predicted octanol–water partition coefficient (Wildman–Crippen LogP) is 2.20. The molecule has 14 heavy (non-hydrogen) atoms. The smallest absolute Gasteiger partial charge is 0.110 e. The number of hydrogen-bond donors (Lipinski definition) is 1. The van der Waals surface area contributed by atoms with Crippen molar-refractivity contribution in [2.45, 2.75) is 32.2 Å². The summed E-state index contributed by atoms with van der Waals surface area (Å²) in [5, 5.41) is 10.2. The van der Waals surface area contributed by atoms with Crippen molar-refractivity contribution in [3.05, 3.63) is 35.4 Å². The summed E-state index contributed by atoms with van der Waals surface area (Å²) in [7, 11) is 0. The molecular weight excluding hydrogens is 176 g/mol. The fourth-order valence-electron chi connectivity index (χ4n) is 2.49. The molecule has 1 aromatic rings. The zero-order valence-corrected chi connectivity index (χ0v) is 8.40. The minimum Gasteiger partial charge on any atom is -0.388 e. The third-order valence-corrected chi connectivity index (χ3v) is 3.53. The molecule has 1 aliphatic heterocycles. The van der Waals surface area contributed by atoms with Crippen molar-refractivity contribution in [3.8, 4) is 0 Å². The van der Waals surface area contributed by atoms with Crippen molar-refractivity contribution >= 4 is 0 Å².